The van der Waals surface area contributed by atoms with Crippen LogP contribution in [0.2, 0.25) is 0 Å². The first kappa shape index (κ1) is 24.1. The lowest BCUT2D eigenvalue weighted by Gasteiger charge is -2.38. The van der Waals surface area contributed by atoms with Crippen LogP contribution in [0.15, 0.2) is 47.4 Å². The van der Waals surface area contributed by atoms with E-state index in [9.17, 15) is 22.9 Å². The van der Waals surface area contributed by atoms with E-state index < -0.39 is 20.4 Å². The van der Waals surface area contributed by atoms with Crippen LogP contribution in [0.25, 0.3) is 0 Å². The first-order chi connectivity index (χ1) is 15.2. The number of anilines is 1. The van der Waals surface area contributed by atoms with E-state index in [0.717, 1.165) is 11.6 Å². The molecule has 2 aromatic carbocycles. The maximum Gasteiger partial charge on any atom is 0.293 e. The van der Waals surface area contributed by atoms with Gasteiger partial charge < -0.3 is 10.1 Å². The fourth-order valence-electron chi connectivity index (χ4n) is 4.10. The van der Waals surface area contributed by atoms with Crippen molar-refractivity contribution >= 4 is 21.4 Å². The number of ether oxygens (including phenoxy) is 1. The van der Waals surface area contributed by atoms with Crippen LogP contribution in [-0.4, -0.2) is 50.5 Å². The molecule has 0 spiro atoms. The van der Waals surface area contributed by atoms with Gasteiger partial charge in [-0.3, -0.25) is 10.1 Å². The zero-order valence-corrected chi connectivity index (χ0v) is 19.0. The highest BCUT2D eigenvalue weighted by Crippen LogP contribution is 2.37. The topological polar surface area (TPSA) is 102 Å². The van der Waals surface area contributed by atoms with Gasteiger partial charge in [-0.1, -0.05) is 26.0 Å². The van der Waals surface area contributed by atoms with Crippen LogP contribution in [0.3, 0.4) is 0 Å². The highest BCUT2D eigenvalue weighted by Gasteiger charge is 2.35. The van der Waals surface area contributed by atoms with E-state index in [1.54, 1.807) is 19.9 Å². The minimum Gasteiger partial charge on any atom is -0.381 e. The monoisotopic (exact) mass is 465 g/mol. The van der Waals surface area contributed by atoms with Crippen LogP contribution in [0, 0.1) is 15.9 Å². The smallest absolute Gasteiger partial charge is 0.293 e. The molecule has 0 radical (unpaired) electrons. The number of nitro benzene ring substituents is 1. The third-order valence-corrected chi connectivity index (χ3v) is 8.06. The predicted molar refractivity (Wildman–Crippen MR) is 120 cm³/mol. The quantitative estimate of drug-likeness (QED) is 0.445. The van der Waals surface area contributed by atoms with Gasteiger partial charge in [-0.05, 0) is 42.7 Å². The summed E-state index contributed by atoms with van der Waals surface area (Å²) >= 11 is 0. The number of hydrogen-bond acceptors (Lipinski definition) is 6. The minimum absolute atomic E-state index is 0.121. The van der Waals surface area contributed by atoms with Crippen molar-refractivity contribution < 1.29 is 22.5 Å². The second kappa shape index (κ2) is 9.93. The molecule has 2 aromatic rings. The molecule has 0 unspecified atom stereocenters. The van der Waals surface area contributed by atoms with Gasteiger partial charge in [0.15, 0.2) is 0 Å². The van der Waals surface area contributed by atoms with Gasteiger partial charge in [0.25, 0.3) is 5.69 Å². The molecular formula is C22H28FN3O5S. The van der Waals surface area contributed by atoms with Gasteiger partial charge in [0, 0.05) is 44.3 Å². The Bertz CT molecular complexity index is 1070. The summed E-state index contributed by atoms with van der Waals surface area (Å²) < 4.78 is 46.2. The van der Waals surface area contributed by atoms with Crippen molar-refractivity contribution in [1.29, 1.82) is 0 Å². The van der Waals surface area contributed by atoms with E-state index in [4.69, 9.17) is 4.74 Å². The Morgan fingerprint density at radius 2 is 1.84 bits per heavy atom. The number of benzene rings is 2. The molecule has 0 aliphatic carbocycles. The summed E-state index contributed by atoms with van der Waals surface area (Å²) in [4.78, 5) is 11.0. The first-order valence-electron chi connectivity index (χ1n) is 10.6. The summed E-state index contributed by atoms with van der Waals surface area (Å²) in [5, 5.41) is 14.9. The van der Waals surface area contributed by atoms with E-state index in [1.807, 2.05) is 6.07 Å². The van der Waals surface area contributed by atoms with Crippen molar-refractivity contribution in [1.82, 2.24) is 4.31 Å². The van der Waals surface area contributed by atoms with E-state index in [-0.39, 0.29) is 35.2 Å². The molecule has 0 saturated carbocycles. The second-order valence-corrected chi connectivity index (χ2v) is 9.72. The van der Waals surface area contributed by atoms with Gasteiger partial charge in [0.2, 0.25) is 10.0 Å². The third-order valence-electron chi connectivity index (χ3n) is 6.01. The van der Waals surface area contributed by atoms with Crippen molar-refractivity contribution in [2.24, 2.45) is 0 Å². The molecule has 1 saturated heterocycles. The molecule has 32 heavy (non-hydrogen) atoms. The molecule has 3 rings (SSSR count). The summed E-state index contributed by atoms with van der Waals surface area (Å²) in [6.07, 6.45) is 1.26. The van der Waals surface area contributed by atoms with Crippen LogP contribution >= 0.6 is 0 Å². The molecule has 1 heterocycles. The van der Waals surface area contributed by atoms with Crippen molar-refractivity contribution in [3.05, 3.63) is 64.0 Å². The highest BCUT2D eigenvalue weighted by molar-refractivity contribution is 7.89. The number of hydrogen-bond donors (Lipinski definition) is 1. The zero-order valence-electron chi connectivity index (χ0n) is 18.2. The molecule has 0 amide bonds. The average molecular weight is 466 g/mol. The molecule has 174 valence electrons. The SMILES string of the molecule is CCN(CC)S(=O)(=O)c1ccc(NCC2(c3cccc(F)c3)CCOCC2)c([N+](=O)[O-])c1. The Morgan fingerprint density at radius 3 is 2.44 bits per heavy atom. The number of nitrogens with one attached hydrogen (secondary N) is 1. The maximum absolute atomic E-state index is 13.9. The van der Waals surface area contributed by atoms with Crippen LogP contribution in [-0.2, 0) is 20.2 Å². The predicted octanol–water partition coefficient (Wildman–Crippen LogP) is 3.92. The molecule has 8 nitrogen and oxygen atoms in total. The van der Waals surface area contributed by atoms with Crippen molar-refractivity contribution in [3.8, 4) is 0 Å². The summed E-state index contributed by atoms with van der Waals surface area (Å²) in [5.41, 5.74) is 0.243. The van der Waals surface area contributed by atoms with Crippen molar-refractivity contribution in [2.45, 2.75) is 37.0 Å². The molecule has 0 atom stereocenters. The van der Waals surface area contributed by atoms with E-state index >= 15 is 0 Å². The lowest BCUT2D eigenvalue weighted by molar-refractivity contribution is -0.384. The Balaban J connectivity index is 1.93. The van der Waals surface area contributed by atoms with Crippen LogP contribution in [0.1, 0.15) is 32.3 Å². The minimum atomic E-state index is -3.83. The summed E-state index contributed by atoms with van der Waals surface area (Å²) in [5.74, 6) is -0.342. The fraction of sp³-hybridized carbons (Fsp3) is 0.455. The molecule has 0 bridgehead atoms. The van der Waals surface area contributed by atoms with Crippen LogP contribution in [0.4, 0.5) is 15.8 Å². The van der Waals surface area contributed by atoms with Gasteiger partial charge in [0.05, 0.1) is 9.82 Å². The number of halogens is 1. The fourth-order valence-corrected chi connectivity index (χ4v) is 5.58. The molecule has 1 aliphatic rings. The molecule has 10 heteroatoms. The second-order valence-electron chi connectivity index (χ2n) is 7.78. The average Bonchev–Trinajstić information content (AvgIpc) is 2.78. The molecule has 1 aliphatic heterocycles. The van der Waals surface area contributed by atoms with Crippen molar-refractivity contribution in [3.63, 3.8) is 0 Å². The van der Waals surface area contributed by atoms with Gasteiger partial charge in [-0.2, -0.15) is 4.31 Å². The van der Waals surface area contributed by atoms with Gasteiger partial charge in [-0.15, -0.1) is 0 Å². The molecular weight excluding hydrogens is 437 g/mol. The summed E-state index contributed by atoms with van der Waals surface area (Å²) in [6.45, 7) is 5.29. The Morgan fingerprint density at radius 1 is 1.16 bits per heavy atom. The Hall–Kier alpha value is -2.56. The highest BCUT2D eigenvalue weighted by atomic mass is 32.2. The first-order valence-corrected chi connectivity index (χ1v) is 12.0. The van der Waals surface area contributed by atoms with Crippen molar-refractivity contribution in [2.75, 3.05) is 38.2 Å². The van der Waals surface area contributed by atoms with E-state index in [2.05, 4.69) is 5.32 Å². The lowest BCUT2D eigenvalue weighted by atomic mass is 9.74. The van der Waals surface area contributed by atoms with Crippen LogP contribution < -0.4 is 5.32 Å². The number of nitro groups is 1. The lowest BCUT2D eigenvalue weighted by Crippen LogP contribution is -2.40. The van der Waals surface area contributed by atoms with Crippen LogP contribution in [0.5, 0.6) is 0 Å². The van der Waals surface area contributed by atoms with Gasteiger partial charge in [0.1, 0.15) is 11.5 Å². The van der Waals surface area contributed by atoms with E-state index in [1.165, 1.54) is 28.6 Å². The normalized spacial score (nSPS) is 16.1. The zero-order chi connectivity index (χ0) is 23.4. The van der Waals surface area contributed by atoms with E-state index in [0.29, 0.717) is 32.6 Å². The molecule has 0 aromatic heterocycles. The molecule has 1 fully saturated rings. The van der Waals surface area contributed by atoms with Gasteiger partial charge >= 0.3 is 0 Å². The number of sulfonamides is 1. The Kier molecular flexibility index (Phi) is 7.47. The summed E-state index contributed by atoms with van der Waals surface area (Å²) in [6, 6.07) is 10.3. The third kappa shape index (κ3) is 4.92. The molecule has 1 N–H and O–H groups in total. The number of rotatable bonds is 9. The standard InChI is InChI=1S/C22H28FN3O5S/c1-3-25(4-2)32(29,30)19-8-9-20(21(15-19)26(27)28)24-16-22(10-12-31-13-11-22)17-6-5-7-18(23)14-17/h5-9,14-15,24H,3-4,10-13,16H2,1-2H3. The Labute approximate surface area is 187 Å². The van der Waals surface area contributed by atoms with Gasteiger partial charge in [-0.25, -0.2) is 12.8 Å². The number of nitrogens with zero attached hydrogens (tertiary/aromatic N) is 2. The summed E-state index contributed by atoms with van der Waals surface area (Å²) in [7, 11) is -3.83. The largest absolute Gasteiger partial charge is 0.381 e. The maximum atomic E-state index is 13.9.